The summed E-state index contributed by atoms with van der Waals surface area (Å²) in [5.74, 6) is -0.851. The SMILES string of the molecule is O=C(NCc1ccc(F)c(Cl)c1)c1cccc(Cl)n1. The molecule has 0 aliphatic carbocycles. The second-order valence-corrected chi connectivity index (χ2v) is 4.57. The third kappa shape index (κ3) is 3.66. The second kappa shape index (κ2) is 5.99. The van der Waals surface area contributed by atoms with E-state index in [0.717, 1.165) is 0 Å². The molecule has 0 saturated heterocycles. The summed E-state index contributed by atoms with van der Waals surface area (Å²) in [6.07, 6.45) is 0. The van der Waals surface area contributed by atoms with Gasteiger partial charge in [0, 0.05) is 6.54 Å². The summed E-state index contributed by atoms with van der Waals surface area (Å²) in [7, 11) is 0. The van der Waals surface area contributed by atoms with Crippen molar-refractivity contribution in [3.63, 3.8) is 0 Å². The average Bonchev–Trinajstić information content (AvgIpc) is 2.40. The Labute approximate surface area is 119 Å². The van der Waals surface area contributed by atoms with Crippen LogP contribution in [0.3, 0.4) is 0 Å². The Kier molecular flexibility index (Phi) is 4.35. The van der Waals surface area contributed by atoms with Crippen LogP contribution in [0.5, 0.6) is 0 Å². The number of carbonyl (C=O) groups is 1. The lowest BCUT2D eigenvalue weighted by Crippen LogP contribution is -2.23. The van der Waals surface area contributed by atoms with Crippen molar-refractivity contribution in [1.82, 2.24) is 10.3 Å². The van der Waals surface area contributed by atoms with Crippen molar-refractivity contribution in [3.8, 4) is 0 Å². The lowest BCUT2D eigenvalue weighted by atomic mass is 10.2. The molecule has 0 radical (unpaired) electrons. The van der Waals surface area contributed by atoms with Gasteiger partial charge in [0.2, 0.25) is 0 Å². The van der Waals surface area contributed by atoms with Crippen LogP contribution in [0.4, 0.5) is 4.39 Å². The zero-order chi connectivity index (χ0) is 13.8. The molecule has 0 saturated carbocycles. The highest BCUT2D eigenvalue weighted by atomic mass is 35.5. The molecule has 0 aliphatic heterocycles. The summed E-state index contributed by atoms with van der Waals surface area (Å²) in [5.41, 5.74) is 0.919. The number of carbonyl (C=O) groups excluding carboxylic acids is 1. The summed E-state index contributed by atoms with van der Waals surface area (Å²) in [5, 5.41) is 2.92. The predicted octanol–water partition coefficient (Wildman–Crippen LogP) is 3.46. The molecule has 2 aromatic rings. The molecule has 0 unspecified atom stereocenters. The van der Waals surface area contributed by atoms with Crippen LogP contribution in [0, 0.1) is 5.82 Å². The van der Waals surface area contributed by atoms with Gasteiger partial charge in [-0.15, -0.1) is 0 Å². The van der Waals surface area contributed by atoms with E-state index in [-0.39, 0.29) is 28.3 Å². The number of halogens is 3. The largest absolute Gasteiger partial charge is 0.347 e. The summed E-state index contributed by atoms with van der Waals surface area (Å²) in [6.45, 7) is 0.229. The molecule has 19 heavy (non-hydrogen) atoms. The lowest BCUT2D eigenvalue weighted by molar-refractivity contribution is 0.0946. The Hall–Kier alpha value is -1.65. The van der Waals surface area contributed by atoms with E-state index in [1.54, 1.807) is 24.3 Å². The highest BCUT2D eigenvalue weighted by Crippen LogP contribution is 2.15. The van der Waals surface area contributed by atoms with Crippen molar-refractivity contribution < 1.29 is 9.18 Å². The molecular formula is C13H9Cl2FN2O. The maximum atomic E-state index is 13.0. The van der Waals surface area contributed by atoms with Crippen LogP contribution in [0.15, 0.2) is 36.4 Å². The number of benzene rings is 1. The number of aromatic nitrogens is 1. The maximum Gasteiger partial charge on any atom is 0.270 e. The summed E-state index contributed by atoms with van der Waals surface area (Å²) in [6, 6.07) is 9.03. The van der Waals surface area contributed by atoms with Gasteiger partial charge < -0.3 is 5.32 Å². The number of hydrogen-bond donors (Lipinski definition) is 1. The first kappa shape index (κ1) is 13.8. The molecular weight excluding hydrogens is 290 g/mol. The van der Waals surface area contributed by atoms with E-state index in [2.05, 4.69) is 10.3 Å². The predicted molar refractivity (Wildman–Crippen MR) is 71.8 cm³/mol. The van der Waals surface area contributed by atoms with E-state index in [9.17, 15) is 9.18 Å². The smallest absolute Gasteiger partial charge is 0.270 e. The molecule has 1 aromatic carbocycles. The number of nitrogens with one attached hydrogen (secondary N) is 1. The molecule has 1 aromatic heterocycles. The van der Waals surface area contributed by atoms with Crippen LogP contribution >= 0.6 is 23.2 Å². The van der Waals surface area contributed by atoms with Gasteiger partial charge in [0.1, 0.15) is 16.7 Å². The molecule has 1 heterocycles. The van der Waals surface area contributed by atoms with Gasteiger partial charge >= 0.3 is 0 Å². The van der Waals surface area contributed by atoms with Crippen LogP contribution in [-0.4, -0.2) is 10.9 Å². The van der Waals surface area contributed by atoms with Gasteiger partial charge in [-0.05, 0) is 29.8 Å². The molecule has 1 amide bonds. The molecule has 0 atom stereocenters. The molecule has 3 nitrogen and oxygen atoms in total. The Bertz CT molecular complexity index is 619. The van der Waals surface area contributed by atoms with Gasteiger partial charge in [0.15, 0.2) is 0 Å². The number of pyridine rings is 1. The standard InChI is InChI=1S/C13H9Cl2FN2O/c14-9-6-8(4-5-10(9)16)7-17-13(19)11-2-1-3-12(15)18-11/h1-6H,7H2,(H,17,19). The molecule has 98 valence electrons. The zero-order valence-corrected chi connectivity index (χ0v) is 11.2. The van der Waals surface area contributed by atoms with Crippen molar-refractivity contribution in [2.24, 2.45) is 0 Å². The molecule has 6 heteroatoms. The number of rotatable bonds is 3. The summed E-state index contributed by atoms with van der Waals surface area (Å²) >= 11 is 11.3. The molecule has 1 N–H and O–H groups in total. The zero-order valence-electron chi connectivity index (χ0n) is 9.66. The van der Waals surface area contributed by atoms with Gasteiger partial charge in [-0.25, -0.2) is 9.37 Å². The fraction of sp³-hybridized carbons (Fsp3) is 0.0769. The Morgan fingerprint density at radius 2 is 2.05 bits per heavy atom. The van der Waals surface area contributed by atoms with Gasteiger partial charge in [-0.3, -0.25) is 4.79 Å². The van der Waals surface area contributed by atoms with E-state index >= 15 is 0 Å². The highest BCUT2D eigenvalue weighted by molar-refractivity contribution is 6.30. The molecule has 2 rings (SSSR count). The second-order valence-electron chi connectivity index (χ2n) is 3.78. The third-order valence-electron chi connectivity index (χ3n) is 2.38. The molecule has 0 spiro atoms. The van der Waals surface area contributed by atoms with Gasteiger partial charge in [-0.2, -0.15) is 0 Å². The van der Waals surface area contributed by atoms with Crippen molar-refractivity contribution in [2.75, 3.05) is 0 Å². The summed E-state index contributed by atoms with van der Waals surface area (Å²) < 4.78 is 13.0. The first-order valence-corrected chi connectivity index (χ1v) is 6.16. The molecule has 0 aliphatic rings. The van der Waals surface area contributed by atoms with Crippen molar-refractivity contribution in [1.29, 1.82) is 0 Å². The number of hydrogen-bond acceptors (Lipinski definition) is 2. The highest BCUT2D eigenvalue weighted by Gasteiger charge is 2.08. The number of nitrogens with zero attached hydrogens (tertiary/aromatic N) is 1. The third-order valence-corrected chi connectivity index (χ3v) is 2.88. The summed E-state index contributed by atoms with van der Waals surface area (Å²) in [4.78, 5) is 15.7. The molecule has 0 bridgehead atoms. The maximum absolute atomic E-state index is 13.0. The molecule has 0 fully saturated rings. The topological polar surface area (TPSA) is 42.0 Å². The fourth-order valence-electron chi connectivity index (χ4n) is 1.46. The monoisotopic (exact) mass is 298 g/mol. The van der Waals surface area contributed by atoms with Gasteiger partial charge in [-0.1, -0.05) is 35.3 Å². The Morgan fingerprint density at radius 1 is 1.26 bits per heavy atom. The van der Waals surface area contributed by atoms with Crippen LogP contribution in [0.25, 0.3) is 0 Å². The van der Waals surface area contributed by atoms with E-state index in [0.29, 0.717) is 5.56 Å². The van der Waals surface area contributed by atoms with Crippen molar-refractivity contribution in [3.05, 3.63) is 63.6 Å². The van der Waals surface area contributed by atoms with E-state index in [4.69, 9.17) is 23.2 Å². The average molecular weight is 299 g/mol. The minimum absolute atomic E-state index is 0.0210. The first-order valence-electron chi connectivity index (χ1n) is 5.41. The lowest BCUT2D eigenvalue weighted by Gasteiger charge is -2.05. The van der Waals surface area contributed by atoms with Gasteiger partial charge in [0.05, 0.1) is 5.02 Å². The Balaban J connectivity index is 2.02. The minimum atomic E-state index is -0.492. The number of amides is 1. The minimum Gasteiger partial charge on any atom is -0.347 e. The van der Waals surface area contributed by atoms with Gasteiger partial charge in [0.25, 0.3) is 5.91 Å². The van der Waals surface area contributed by atoms with Crippen LogP contribution in [0.1, 0.15) is 16.1 Å². The Morgan fingerprint density at radius 3 is 2.74 bits per heavy atom. The van der Waals surface area contributed by atoms with Crippen molar-refractivity contribution in [2.45, 2.75) is 6.54 Å². The van der Waals surface area contributed by atoms with Crippen LogP contribution in [0.2, 0.25) is 10.2 Å². The van der Waals surface area contributed by atoms with Crippen LogP contribution in [-0.2, 0) is 6.54 Å². The first-order chi connectivity index (χ1) is 9.06. The van der Waals surface area contributed by atoms with E-state index in [1.165, 1.54) is 12.1 Å². The normalized spacial score (nSPS) is 10.3. The van der Waals surface area contributed by atoms with E-state index < -0.39 is 5.82 Å². The van der Waals surface area contributed by atoms with Crippen LogP contribution < -0.4 is 5.32 Å². The van der Waals surface area contributed by atoms with Crippen molar-refractivity contribution >= 4 is 29.1 Å². The van der Waals surface area contributed by atoms with E-state index in [1.807, 2.05) is 0 Å². The quantitative estimate of drug-likeness (QED) is 0.882. The fourth-order valence-corrected chi connectivity index (χ4v) is 1.82.